The SMILES string of the molecule is N#CC(=Cc1ccc(-c2ccc([N+](=O)[O-])cc2Cl)o1)C(=O)NCc1ccco1. The van der Waals surface area contributed by atoms with E-state index in [9.17, 15) is 20.2 Å². The number of nitrogens with one attached hydrogen (secondary N) is 1. The average molecular weight is 398 g/mol. The van der Waals surface area contributed by atoms with Crippen LogP contribution >= 0.6 is 11.6 Å². The van der Waals surface area contributed by atoms with Crippen LogP contribution in [0.3, 0.4) is 0 Å². The first-order valence-electron chi connectivity index (χ1n) is 7.94. The monoisotopic (exact) mass is 397 g/mol. The highest BCUT2D eigenvalue weighted by molar-refractivity contribution is 6.33. The molecule has 0 saturated heterocycles. The third-order valence-corrected chi connectivity index (χ3v) is 4.02. The highest BCUT2D eigenvalue weighted by Gasteiger charge is 2.15. The highest BCUT2D eigenvalue weighted by Crippen LogP contribution is 2.32. The molecule has 0 spiro atoms. The molecule has 0 aliphatic heterocycles. The fraction of sp³-hybridized carbons (Fsp3) is 0.0526. The van der Waals surface area contributed by atoms with Crippen LogP contribution in [0.5, 0.6) is 0 Å². The summed E-state index contributed by atoms with van der Waals surface area (Å²) in [6.45, 7) is 0.145. The number of carbonyl (C=O) groups is 1. The Labute approximate surface area is 163 Å². The van der Waals surface area contributed by atoms with Crippen molar-refractivity contribution in [3.63, 3.8) is 0 Å². The van der Waals surface area contributed by atoms with Gasteiger partial charge in [-0.1, -0.05) is 11.6 Å². The van der Waals surface area contributed by atoms with Crippen molar-refractivity contribution in [2.75, 3.05) is 0 Å². The van der Waals surface area contributed by atoms with E-state index in [0.717, 1.165) is 0 Å². The minimum absolute atomic E-state index is 0.138. The van der Waals surface area contributed by atoms with Crippen molar-refractivity contribution in [2.24, 2.45) is 0 Å². The van der Waals surface area contributed by atoms with E-state index < -0.39 is 10.8 Å². The number of carbonyl (C=O) groups excluding carboxylic acids is 1. The molecule has 9 heteroatoms. The smallest absolute Gasteiger partial charge is 0.270 e. The molecule has 1 amide bonds. The lowest BCUT2D eigenvalue weighted by Crippen LogP contribution is -2.23. The summed E-state index contributed by atoms with van der Waals surface area (Å²) in [6, 6.07) is 12.4. The first-order chi connectivity index (χ1) is 13.5. The number of nitro benzene ring substituents is 1. The summed E-state index contributed by atoms with van der Waals surface area (Å²) in [6.07, 6.45) is 2.77. The zero-order chi connectivity index (χ0) is 20.1. The number of nitriles is 1. The summed E-state index contributed by atoms with van der Waals surface area (Å²) in [5.41, 5.74) is 0.162. The molecule has 1 N–H and O–H groups in total. The van der Waals surface area contributed by atoms with Crippen molar-refractivity contribution in [1.82, 2.24) is 5.32 Å². The molecule has 2 heterocycles. The van der Waals surface area contributed by atoms with Crippen molar-refractivity contribution in [2.45, 2.75) is 6.54 Å². The summed E-state index contributed by atoms with van der Waals surface area (Å²) < 4.78 is 10.7. The lowest BCUT2D eigenvalue weighted by molar-refractivity contribution is -0.384. The van der Waals surface area contributed by atoms with Gasteiger partial charge in [-0.3, -0.25) is 14.9 Å². The predicted octanol–water partition coefficient (Wildman–Crippen LogP) is 4.32. The van der Waals surface area contributed by atoms with E-state index in [-0.39, 0.29) is 28.6 Å². The topological polar surface area (TPSA) is 122 Å². The van der Waals surface area contributed by atoms with Crippen LogP contribution in [-0.2, 0) is 11.3 Å². The van der Waals surface area contributed by atoms with Gasteiger partial charge in [0.05, 0.1) is 22.8 Å². The molecule has 28 heavy (non-hydrogen) atoms. The molecule has 1 aromatic carbocycles. The van der Waals surface area contributed by atoms with Crippen molar-refractivity contribution in [3.05, 3.63) is 81.0 Å². The molecule has 0 bridgehead atoms. The fourth-order valence-corrected chi connectivity index (χ4v) is 2.63. The number of hydrogen-bond acceptors (Lipinski definition) is 6. The Morgan fingerprint density at radius 2 is 2.14 bits per heavy atom. The van der Waals surface area contributed by atoms with E-state index >= 15 is 0 Å². The lowest BCUT2D eigenvalue weighted by Gasteiger charge is -2.02. The van der Waals surface area contributed by atoms with E-state index in [2.05, 4.69) is 5.32 Å². The van der Waals surface area contributed by atoms with Crippen molar-refractivity contribution < 1.29 is 18.6 Å². The van der Waals surface area contributed by atoms with Crippen LogP contribution in [0.2, 0.25) is 5.02 Å². The second kappa shape index (κ2) is 8.24. The van der Waals surface area contributed by atoms with Gasteiger partial charge in [-0.2, -0.15) is 5.26 Å². The van der Waals surface area contributed by atoms with E-state index in [0.29, 0.717) is 17.1 Å². The molecule has 3 aromatic rings. The summed E-state index contributed by atoms with van der Waals surface area (Å²) in [7, 11) is 0. The number of nitrogens with zero attached hydrogens (tertiary/aromatic N) is 2. The lowest BCUT2D eigenvalue weighted by atomic mass is 10.1. The molecule has 0 fully saturated rings. The van der Waals surface area contributed by atoms with Gasteiger partial charge in [-0.05, 0) is 30.3 Å². The second-order valence-corrected chi connectivity index (χ2v) is 5.96. The maximum Gasteiger partial charge on any atom is 0.270 e. The van der Waals surface area contributed by atoms with Gasteiger partial charge in [0.2, 0.25) is 0 Å². The quantitative estimate of drug-likeness (QED) is 0.286. The molecule has 0 aliphatic carbocycles. The molecule has 0 aliphatic rings. The maximum absolute atomic E-state index is 12.1. The molecule has 0 atom stereocenters. The van der Waals surface area contributed by atoms with Crippen LogP contribution in [0.4, 0.5) is 5.69 Å². The predicted molar refractivity (Wildman–Crippen MR) is 100.0 cm³/mol. The minimum atomic E-state index is -0.579. The van der Waals surface area contributed by atoms with Crippen molar-refractivity contribution in [1.29, 1.82) is 5.26 Å². The van der Waals surface area contributed by atoms with Gasteiger partial charge in [-0.25, -0.2) is 0 Å². The van der Waals surface area contributed by atoms with Crippen molar-refractivity contribution in [3.8, 4) is 17.4 Å². The van der Waals surface area contributed by atoms with Crippen LogP contribution in [0.1, 0.15) is 11.5 Å². The molecular weight excluding hydrogens is 386 g/mol. The Bertz CT molecular complexity index is 1090. The maximum atomic E-state index is 12.1. The number of benzene rings is 1. The van der Waals surface area contributed by atoms with Crippen LogP contribution in [0, 0.1) is 21.4 Å². The van der Waals surface area contributed by atoms with Gasteiger partial charge >= 0.3 is 0 Å². The summed E-state index contributed by atoms with van der Waals surface area (Å²) in [4.78, 5) is 22.4. The standard InChI is InChI=1S/C19H12ClN3O5/c20-17-9-13(23(25)26)3-5-16(17)18-6-4-14(28-18)8-12(10-21)19(24)22-11-15-2-1-7-27-15/h1-9H,11H2,(H,22,24). The number of amides is 1. The van der Waals surface area contributed by atoms with E-state index in [1.807, 2.05) is 6.07 Å². The highest BCUT2D eigenvalue weighted by atomic mass is 35.5. The molecule has 8 nitrogen and oxygen atoms in total. The minimum Gasteiger partial charge on any atom is -0.467 e. The number of furan rings is 2. The summed E-state index contributed by atoms with van der Waals surface area (Å²) >= 11 is 6.09. The number of halogens is 1. The summed E-state index contributed by atoms with van der Waals surface area (Å²) in [5.74, 6) is 0.581. The Morgan fingerprint density at radius 3 is 2.79 bits per heavy atom. The van der Waals surface area contributed by atoms with Crippen LogP contribution in [0.15, 0.2) is 63.1 Å². The Balaban J connectivity index is 1.77. The van der Waals surface area contributed by atoms with Gasteiger partial charge in [0.15, 0.2) is 0 Å². The molecule has 0 radical (unpaired) electrons. The van der Waals surface area contributed by atoms with E-state index in [1.54, 1.807) is 24.3 Å². The zero-order valence-electron chi connectivity index (χ0n) is 14.2. The van der Waals surface area contributed by atoms with Crippen molar-refractivity contribution >= 4 is 29.3 Å². The summed E-state index contributed by atoms with van der Waals surface area (Å²) in [5, 5.41) is 22.7. The van der Waals surface area contributed by atoms with E-state index in [4.69, 9.17) is 20.4 Å². The van der Waals surface area contributed by atoms with Gasteiger partial charge in [0.1, 0.15) is 28.9 Å². The number of non-ortho nitro benzene ring substituents is 1. The van der Waals surface area contributed by atoms with Crippen LogP contribution < -0.4 is 5.32 Å². The van der Waals surface area contributed by atoms with E-state index in [1.165, 1.54) is 30.5 Å². The molecule has 0 saturated carbocycles. The number of nitro groups is 1. The second-order valence-electron chi connectivity index (χ2n) is 5.56. The van der Waals surface area contributed by atoms with Gasteiger partial charge in [0.25, 0.3) is 11.6 Å². The first kappa shape index (κ1) is 18.9. The molecular formula is C19H12ClN3O5. The molecule has 3 rings (SSSR count). The zero-order valence-corrected chi connectivity index (χ0v) is 15.0. The molecule has 140 valence electrons. The van der Waals surface area contributed by atoms with Gasteiger partial charge in [-0.15, -0.1) is 0 Å². The Kier molecular flexibility index (Phi) is 5.58. The third kappa shape index (κ3) is 4.28. The van der Waals surface area contributed by atoms with Gasteiger partial charge < -0.3 is 14.2 Å². The van der Waals surface area contributed by atoms with Crippen LogP contribution in [0.25, 0.3) is 17.4 Å². The Hall–Kier alpha value is -3.83. The largest absolute Gasteiger partial charge is 0.467 e. The Morgan fingerprint density at radius 1 is 1.32 bits per heavy atom. The third-order valence-electron chi connectivity index (χ3n) is 3.71. The number of hydrogen-bond donors (Lipinski definition) is 1. The fourth-order valence-electron chi connectivity index (χ4n) is 2.36. The van der Waals surface area contributed by atoms with Crippen LogP contribution in [-0.4, -0.2) is 10.8 Å². The first-order valence-corrected chi connectivity index (χ1v) is 8.32. The normalized spacial score (nSPS) is 11.1. The average Bonchev–Trinajstić information content (AvgIpc) is 3.36. The molecule has 0 unspecified atom stereocenters. The number of rotatable bonds is 6. The molecule has 2 aromatic heterocycles. The van der Waals surface area contributed by atoms with Gasteiger partial charge in [0, 0.05) is 23.8 Å².